The van der Waals surface area contributed by atoms with Crippen LogP contribution in [0.5, 0.6) is 0 Å². The lowest BCUT2D eigenvalue weighted by molar-refractivity contribution is -0.132. The minimum absolute atomic E-state index is 0.0316. The van der Waals surface area contributed by atoms with Gasteiger partial charge in [0.1, 0.15) is 0 Å². The highest BCUT2D eigenvalue weighted by Crippen LogP contribution is 2.20. The second-order valence-corrected chi connectivity index (χ2v) is 6.98. The Morgan fingerprint density at radius 1 is 1.12 bits per heavy atom. The van der Waals surface area contributed by atoms with E-state index >= 15 is 0 Å². The number of amides is 1. The molecule has 0 saturated carbocycles. The zero-order chi connectivity index (χ0) is 16.9. The van der Waals surface area contributed by atoms with Crippen molar-refractivity contribution in [2.45, 2.75) is 38.5 Å². The van der Waals surface area contributed by atoms with E-state index < -0.39 is 11.2 Å². The number of carbonyl (C=O) groups excluding carboxylic acids is 1. The summed E-state index contributed by atoms with van der Waals surface area (Å²) in [6.45, 7) is 4.96. The first-order chi connectivity index (χ1) is 11.6. The lowest BCUT2D eigenvalue weighted by atomic mass is 9.96. The predicted octanol–water partition coefficient (Wildman–Crippen LogP) is 0.330. The van der Waals surface area contributed by atoms with Crippen molar-refractivity contribution in [2.75, 3.05) is 32.7 Å². The quantitative estimate of drug-likeness (QED) is 0.830. The molecule has 0 spiro atoms. The Bertz CT molecular complexity index is 675. The van der Waals surface area contributed by atoms with E-state index in [4.69, 9.17) is 0 Å². The van der Waals surface area contributed by atoms with Crippen LogP contribution >= 0.6 is 0 Å². The predicted molar refractivity (Wildman–Crippen MR) is 91.0 cm³/mol. The van der Waals surface area contributed by atoms with Crippen LogP contribution in [0.25, 0.3) is 0 Å². The largest absolute Gasteiger partial charge is 0.342 e. The van der Waals surface area contributed by atoms with E-state index in [-0.39, 0.29) is 12.3 Å². The van der Waals surface area contributed by atoms with Crippen molar-refractivity contribution in [1.82, 2.24) is 19.8 Å². The number of hydrogen-bond acceptors (Lipinski definition) is 4. The molecule has 2 aliphatic heterocycles. The molecule has 0 radical (unpaired) electrons. The Morgan fingerprint density at radius 2 is 1.92 bits per heavy atom. The molecule has 1 aromatic heterocycles. The molecule has 3 heterocycles. The molecule has 1 unspecified atom stereocenters. The van der Waals surface area contributed by atoms with Gasteiger partial charge in [-0.2, -0.15) is 0 Å². The average molecular weight is 334 g/mol. The second kappa shape index (κ2) is 7.79. The molecular weight excluding hydrogens is 308 g/mol. The van der Waals surface area contributed by atoms with Crippen LogP contribution in [-0.2, 0) is 11.2 Å². The summed E-state index contributed by atoms with van der Waals surface area (Å²) in [4.78, 5) is 44.3. The molecule has 2 saturated heterocycles. The zero-order valence-electron chi connectivity index (χ0n) is 14.1. The molecule has 0 bridgehead atoms. The number of H-pyrrole nitrogens is 2. The Labute approximate surface area is 141 Å². The molecule has 24 heavy (non-hydrogen) atoms. The maximum Gasteiger partial charge on any atom is 0.325 e. The summed E-state index contributed by atoms with van der Waals surface area (Å²) in [7, 11) is 0. The van der Waals surface area contributed by atoms with Gasteiger partial charge >= 0.3 is 5.69 Å². The van der Waals surface area contributed by atoms with Crippen molar-refractivity contribution in [2.24, 2.45) is 5.92 Å². The lowest BCUT2D eigenvalue weighted by Gasteiger charge is -2.37. The lowest BCUT2D eigenvalue weighted by Crippen LogP contribution is -2.45. The minimum atomic E-state index is -0.546. The van der Waals surface area contributed by atoms with Gasteiger partial charge in [0, 0.05) is 31.4 Å². The molecule has 2 N–H and O–H groups in total. The smallest absolute Gasteiger partial charge is 0.325 e. The Morgan fingerprint density at radius 3 is 2.67 bits per heavy atom. The van der Waals surface area contributed by atoms with E-state index in [0.717, 1.165) is 26.1 Å². The molecule has 1 amide bonds. The van der Waals surface area contributed by atoms with Crippen LogP contribution < -0.4 is 11.2 Å². The van der Waals surface area contributed by atoms with Crippen molar-refractivity contribution < 1.29 is 4.79 Å². The number of aromatic amines is 2. The standard InChI is InChI=1S/C17H26N4O3/c22-15(9-14-10-18-17(24)19-16(14)23)21-8-4-5-13(12-21)11-20-6-2-1-3-7-20/h10,13H,1-9,11-12H2,(H2,18,19,23,24). The summed E-state index contributed by atoms with van der Waals surface area (Å²) in [5, 5.41) is 0. The van der Waals surface area contributed by atoms with Crippen LogP contribution in [0.2, 0.25) is 0 Å². The fraction of sp³-hybridized carbons (Fsp3) is 0.706. The number of nitrogens with one attached hydrogen (secondary N) is 2. The molecule has 132 valence electrons. The van der Waals surface area contributed by atoms with Gasteiger partial charge in [-0.1, -0.05) is 6.42 Å². The first-order valence-corrected chi connectivity index (χ1v) is 8.93. The summed E-state index contributed by atoms with van der Waals surface area (Å²) < 4.78 is 0. The first kappa shape index (κ1) is 17.0. The van der Waals surface area contributed by atoms with Crippen LogP contribution in [0.3, 0.4) is 0 Å². The first-order valence-electron chi connectivity index (χ1n) is 8.93. The Balaban J connectivity index is 1.56. The highest BCUT2D eigenvalue weighted by Gasteiger charge is 2.26. The van der Waals surface area contributed by atoms with E-state index in [9.17, 15) is 14.4 Å². The fourth-order valence-corrected chi connectivity index (χ4v) is 3.79. The molecular formula is C17H26N4O3. The Hall–Kier alpha value is -1.89. The van der Waals surface area contributed by atoms with E-state index in [1.165, 1.54) is 45.0 Å². The van der Waals surface area contributed by atoms with Gasteiger partial charge in [-0.3, -0.25) is 14.6 Å². The number of hydrogen-bond donors (Lipinski definition) is 2. The van der Waals surface area contributed by atoms with Crippen molar-refractivity contribution >= 4 is 5.91 Å². The van der Waals surface area contributed by atoms with E-state index in [1.807, 2.05) is 4.90 Å². The van der Waals surface area contributed by atoms with Crippen LogP contribution in [-0.4, -0.2) is 58.4 Å². The summed E-state index contributed by atoms with van der Waals surface area (Å²) in [5.41, 5.74) is -0.706. The number of piperidine rings is 2. The summed E-state index contributed by atoms with van der Waals surface area (Å²) in [6, 6.07) is 0. The van der Waals surface area contributed by atoms with Crippen LogP contribution in [0.15, 0.2) is 15.8 Å². The van der Waals surface area contributed by atoms with Crippen molar-refractivity contribution in [3.63, 3.8) is 0 Å². The van der Waals surface area contributed by atoms with Gasteiger partial charge in [0.05, 0.1) is 6.42 Å². The normalized spacial score (nSPS) is 22.5. The fourth-order valence-electron chi connectivity index (χ4n) is 3.79. The van der Waals surface area contributed by atoms with Gasteiger partial charge in [0.2, 0.25) is 5.91 Å². The molecule has 1 atom stereocenters. The Kier molecular flexibility index (Phi) is 5.50. The number of carbonyl (C=O) groups is 1. The van der Waals surface area contributed by atoms with Crippen LogP contribution in [0.1, 0.15) is 37.7 Å². The van der Waals surface area contributed by atoms with Crippen LogP contribution in [0, 0.1) is 5.92 Å². The van der Waals surface area contributed by atoms with Crippen molar-refractivity contribution in [3.8, 4) is 0 Å². The van der Waals surface area contributed by atoms with Gasteiger partial charge in [-0.25, -0.2) is 4.79 Å². The van der Waals surface area contributed by atoms with Gasteiger partial charge in [-0.15, -0.1) is 0 Å². The molecule has 1 aromatic rings. The molecule has 3 rings (SSSR count). The maximum absolute atomic E-state index is 12.5. The SMILES string of the molecule is O=C(Cc1c[nH]c(=O)[nH]c1=O)N1CCCC(CN2CCCCC2)C1. The number of likely N-dealkylation sites (tertiary alicyclic amines) is 2. The minimum Gasteiger partial charge on any atom is -0.342 e. The van der Waals surface area contributed by atoms with Crippen molar-refractivity contribution in [3.05, 3.63) is 32.6 Å². The summed E-state index contributed by atoms with van der Waals surface area (Å²) in [6.07, 6.45) is 7.47. The number of nitrogens with zero attached hydrogens (tertiary/aromatic N) is 2. The second-order valence-electron chi connectivity index (χ2n) is 6.98. The average Bonchev–Trinajstić information content (AvgIpc) is 2.58. The maximum atomic E-state index is 12.5. The number of rotatable bonds is 4. The third kappa shape index (κ3) is 4.35. The monoisotopic (exact) mass is 334 g/mol. The van der Waals surface area contributed by atoms with E-state index in [0.29, 0.717) is 11.5 Å². The number of aromatic nitrogens is 2. The molecule has 7 nitrogen and oxygen atoms in total. The third-order valence-corrected chi connectivity index (χ3v) is 5.07. The molecule has 2 fully saturated rings. The van der Waals surface area contributed by atoms with Gasteiger partial charge in [0.15, 0.2) is 0 Å². The van der Waals surface area contributed by atoms with E-state index in [2.05, 4.69) is 14.9 Å². The van der Waals surface area contributed by atoms with E-state index in [1.54, 1.807) is 0 Å². The highest BCUT2D eigenvalue weighted by atomic mass is 16.2. The third-order valence-electron chi connectivity index (χ3n) is 5.07. The van der Waals surface area contributed by atoms with Gasteiger partial charge in [0.25, 0.3) is 5.56 Å². The summed E-state index contributed by atoms with van der Waals surface area (Å²) >= 11 is 0. The highest BCUT2D eigenvalue weighted by molar-refractivity contribution is 5.78. The van der Waals surface area contributed by atoms with Crippen LogP contribution in [0.4, 0.5) is 0 Å². The molecule has 0 aliphatic carbocycles. The van der Waals surface area contributed by atoms with Gasteiger partial charge in [-0.05, 0) is 44.7 Å². The van der Waals surface area contributed by atoms with Gasteiger partial charge < -0.3 is 14.8 Å². The zero-order valence-corrected chi connectivity index (χ0v) is 14.1. The molecule has 2 aliphatic rings. The molecule has 7 heteroatoms. The van der Waals surface area contributed by atoms with Crippen molar-refractivity contribution in [1.29, 1.82) is 0 Å². The topological polar surface area (TPSA) is 89.3 Å². The molecule has 0 aromatic carbocycles. The summed E-state index contributed by atoms with van der Waals surface area (Å²) in [5.74, 6) is 0.491.